The van der Waals surface area contributed by atoms with Crippen LogP contribution in [0.2, 0.25) is 0 Å². The second-order valence-corrected chi connectivity index (χ2v) is 7.48. The summed E-state index contributed by atoms with van der Waals surface area (Å²) in [5, 5.41) is 3.09. The lowest BCUT2D eigenvalue weighted by atomic mass is 10.0. The van der Waals surface area contributed by atoms with Gasteiger partial charge in [0.2, 0.25) is 0 Å². The summed E-state index contributed by atoms with van der Waals surface area (Å²) in [4.78, 5) is -0.146. The van der Waals surface area contributed by atoms with Crippen molar-refractivity contribution >= 4 is 31.5 Å². The van der Waals surface area contributed by atoms with Crippen LogP contribution >= 0.6 is 11.3 Å². The topological polar surface area (TPSA) is 63.6 Å². The lowest BCUT2D eigenvalue weighted by Crippen LogP contribution is -2.01. The summed E-state index contributed by atoms with van der Waals surface area (Å²) >= 11 is 1.61. The highest BCUT2D eigenvalue weighted by molar-refractivity contribution is 7.86. The predicted octanol–water partition coefficient (Wildman–Crippen LogP) is 3.75. The van der Waals surface area contributed by atoms with Gasteiger partial charge in [0.05, 0.1) is 6.61 Å². The van der Waals surface area contributed by atoms with Gasteiger partial charge in [-0.05, 0) is 34.7 Å². The fourth-order valence-electron chi connectivity index (χ4n) is 2.82. The Morgan fingerprint density at radius 2 is 2.00 bits per heavy atom. The smallest absolute Gasteiger partial charge is 0.298 e. The summed E-state index contributed by atoms with van der Waals surface area (Å²) in [6.45, 7) is 0.436. The van der Waals surface area contributed by atoms with E-state index in [4.69, 9.17) is 4.74 Å². The van der Waals surface area contributed by atoms with E-state index in [0.29, 0.717) is 13.0 Å². The van der Waals surface area contributed by atoms with E-state index in [1.807, 2.05) is 35.7 Å². The largest absolute Gasteiger partial charge is 0.491 e. The lowest BCUT2D eigenvalue weighted by molar-refractivity contribution is 0.346. The Bertz CT molecular complexity index is 987. The fraction of sp³-hybridized carbons (Fsp3) is 0.125. The van der Waals surface area contributed by atoms with Crippen LogP contribution in [0.15, 0.2) is 46.7 Å². The third-order valence-electron chi connectivity index (χ3n) is 3.82. The van der Waals surface area contributed by atoms with Crippen molar-refractivity contribution < 1.29 is 17.7 Å². The van der Waals surface area contributed by atoms with Crippen LogP contribution in [0.1, 0.15) is 5.56 Å². The maximum Gasteiger partial charge on any atom is 0.298 e. The summed E-state index contributed by atoms with van der Waals surface area (Å²) in [7, 11) is -4.32. The van der Waals surface area contributed by atoms with Crippen molar-refractivity contribution in [2.24, 2.45) is 0 Å². The Labute approximate surface area is 131 Å². The molecule has 0 fully saturated rings. The van der Waals surface area contributed by atoms with Crippen molar-refractivity contribution in [1.82, 2.24) is 0 Å². The molecule has 4 rings (SSSR count). The van der Waals surface area contributed by atoms with Gasteiger partial charge in [0.1, 0.15) is 10.6 Å². The zero-order valence-electron chi connectivity index (χ0n) is 11.4. The molecule has 112 valence electrons. The Balaban J connectivity index is 2.01. The van der Waals surface area contributed by atoms with Gasteiger partial charge in [-0.15, -0.1) is 11.3 Å². The van der Waals surface area contributed by atoms with Gasteiger partial charge in [0.25, 0.3) is 10.1 Å². The predicted molar refractivity (Wildman–Crippen MR) is 86.3 cm³/mol. The van der Waals surface area contributed by atoms with Gasteiger partial charge in [-0.3, -0.25) is 4.55 Å². The van der Waals surface area contributed by atoms with Crippen LogP contribution in [0, 0.1) is 0 Å². The quantitative estimate of drug-likeness (QED) is 0.726. The molecule has 1 N–H and O–H groups in total. The first-order chi connectivity index (χ1) is 10.5. The van der Waals surface area contributed by atoms with Crippen LogP contribution in [-0.2, 0) is 16.5 Å². The van der Waals surface area contributed by atoms with Crippen LogP contribution < -0.4 is 4.74 Å². The van der Waals surface area contributed by atoms with Crippen molar-refractivity contribution in [1.29, 1.82) is 0 Å². The zero-order valence-corrected chi connectivity index (χ0v) is 13.1. The Morgan fingerprint density at radius 1 is 1.18 bits per heavy atom. The van der Waals surface area contributed by atoms with Gasteiger partial charge in [-0.25, -0.2) is 0 Å². The maximum atomic E-state index is 11.7. The van der Waals surface area contributed by atoms with Gasteiger partial charge in [0, 0.05) is 22.1 Å². The number of fused-ring (bicyclic) bond motifs is 2. The van der Waals surface area contributed by atoms with E-state index >= 15 is 0 Å². The van der Waals surface area contributed by atoms with E-state index < -0.39 is 10.1 Å². The van der Waals surface area contributed by atoms with Crippen LogP contribution in [0.3, 0.4) is 0 Å². The molecule has 1 aliphatic heterocycles. The van der Waals surface area contributed by atoms with Gasteiger partial charge < -0.3 is 4.74 Å². The standard InChI is InChI=1S/C16H12O4S2/c17-22(18,19)15-8-11(7-10-5-6-20-16(10)15)13-9-21-14-4-2-1-3-12(13)14/h1-4,7-9H,5-6H2,(H,17,18,19). The minimum Gasteiger partial charge on any atom is -0.491 e. The average molecular weight is 332 g/mol. The monoisotopic (exact) mass is 332 g/mol. The molecule has 0 amide bonds. The second kappa shape index (κ2) is 4.81. The molecule has 1 aliphatic rings. The normalized spacial score (nSPS) is 14.0. The molecule has 2 aromatic carbocycles. The molecule has 0 aliphatic carbocycles. The molecule has 0 bridgehead atoms. The number of benzene rings is 2. The Hall–Kier alpha value is -1.89. The molecule has 0 radical (unpaired) electrons. The van der Waals surface area contributed by atoms with E-state index in [9.17, 15) is 13.0 Å². The fourth-order valence-corrected chi connectivity index (χ4v) is 4.49. The van der Waals surface area contributed by atoms with Crippen molar-refractivity contribution in [3.05, 3.63) is 47.3 Å². The summed E-state index contributed by atoms with van der Waals surface area (Å²) in [6, 6.07) is 11.4. The van der Waals surface area contributed by atoms with Gasteiger partial charge in [-0.1, -0.05) is 18.2 Å². The maximum absolute atomic E-state index is 11.7. The van der Waals surface area contributed by atoms with Crippen molar-refractivity contribution in [2.75, 3.05) is 6.61 Å². The molecular formula is C16H12O4S2. The van der Waals surface area contributed by atoms with Crippen molar-refractivity contribution in [2.45, 2.75) is 11.3 Å². The molecule has 6 heteroatoms. The first kappa shape index (κ1) is 13.8. The van der Waals surface area contributed by atoms with Crippen LogP contribution in [0.4, 0.5) is 0 Å². The highest BCUT2D eigenvalue weighted by atomic mass is 32.2. The molecule has 4 nitrogen and oxygen atoms in total. The van der Waals surface area contributed by atoms with E-state index in [1.165, 1.54) is 6.07 Å². The number of ether oxygens (including phenoxy) is 1. The number of hydrogen-bond acceptors (Lipinski definition) is 4. The molecule has 0 spiro atoms. The molecule has 0 unspecified atom stereocenters. The summed E-state index contributed by atoms with van der Waals surface area (Å²) < 4.78 is 39.3. The van der Waals surface area contributed by atoms with Crippen LogP contribution in [-0.4, -0.2) is 19.6 Å². The SMILES string of the molecule is O=S(=O)(O)c1cc(-c2csc3ccccc23)cc2c1OCC2. The summed E-state index contributed by atoms with van der Waals surface area (Å²) in [6.07, 6.45) is 0.647. The number of rotatable bonds is 2. The van der Waals surface area contributed by atoms with Crippen LogP contribution in [0.5, 0.6) is 5.75 Å². The molecule has 3 aromatic rings. The minimum absolute atomic E-state index is 0.146. The van der Waals surface area contributed by atoms with E-state index in [0.717, 1.165) is 26.8 Å². The average Bonchev–Trinajstić information content (AvgIpc) is 3.11. The lowest BCUT2D eigenvalue weighted by Gasteiger charge is -2.09. The minimum atomic E-state index is -4.32. The van der Waals surface area contributed by atoms with Crippen molar-refractivity contribution in [3.63, 3.8) is 0 Å². The van der Waals surface area contributed by atoms with Crippen molar-refractivity contribution in [3.8, 4) is 16.9 Å². The second-order valence-electron chi connectivity index (χ2n) is 5.18. The highest BCUT2D eigenvalue weighted by Gasteiger charge is 2.25. The van der Waals surface area contributed by atoms with E-state index in [1.54, 1.807) is 11.3 Å². The van der Waals surface area contributed by atoms with Gasteiger partial charge in [0.15, 0.2) is 0 Å². The Morgan fingerprint density at radius 3 is 2.82 bits per heavy atom. The molecule has 0 atom stereocenters. The number of hydrogen-bond donors (Lipinski definition) is 1. The Kier molecular flexibility index (Phi) is 3.00. The third kappa shape index (κ3) is 2.11. The zero-order chi connectivity index (χ0) is 15.3. The first-order valence-electron chi connectivity index (χ1n) is 6.78. The van der Waals surface area contributed by atoms with Crippen LogP contribution in [0.25, 0.3) is 21.2 Å². The molecule has 0 saturated heterocycles. The van der Waals surface area contributed by atoms with Gasteiger partial charge >= 0.3 is 0 Å². The molecular weight excluding hydrogens is 320 g/mol. The summed E-state index contributed by atoms with van der Waals surface area (Å²) in [5.74, 6) is 0.283. The first-order valence-corrected chi connectivity index (χ1v) is 9.10. The van der Waals surface area contributed by atoms with Gasteiger partial charge in [-0.2, -0.15) is 8.42 Å². The highest BCUT2D eigenvalue weighted by Crippen LogP contribution is 2.40. The number of thiophene rings is 1. The molecule has 2 heterocycles. The third-order valence-corrected chi connectivity index (χ3v) is 5.64. The molecule has 22 heavy (non-hydrogen) atoms. The molecule has 0 saturated carbocycles. The summed E-state index contributed by atoms with van der Waals surface area (Å²) in [5.41, 5.74) is 2.58. The van der Waals surface area contributed by atoms with E-state index in [2.05, 4.69) is 0 Å². The molecule has 1 aromatic heterocycles. The van der Waals surface area contributed by atoms with E-state index in [-0.39, 0.29) is 10.6 Å².